The lowest BCUT2D eigenvalue weighted by molar-refractivity contribution is 0.414. The molecule has 21 heavy (non-hydrogen) atoms. The average Bonchev–Trinajstić information content (AvgIpc) is 2.51. The minimum Gasteiger partial charge on any atom is -0.497 e. The van der Waals surface area contributed by atoms with E-state index in [4.69, 9.17) is 4.74 Å². The fourth-order valence-corrected chi connectivity index (χ4v) is 2.41. The van der Waals surface area contributed by atoms with E-state index < -0.39 is 0 Å². The van der Waals surface area contributed by atoms with E-state index in [0.29, 0.717) is 0 Å². The van der Waals surface area contributed by atoms with Gasteiger partial charge in [-0.05, 0) is 60.8 Å². The molecule has 0 fully saturated rings. The van der Waals surface area contributed by atoms with Crippen LogP contribution in [0.15, 0.2) is 42.5 Å². The Morgan fingerprint density at radius 3 is 2.48 bits per heavy atom. The van der Waals surface area contributed by atoms with E-state index in [-0.39, 0.29) is 11.9 Å². The highest BCUT2D eigenvalue weighted by atomic mass is 19.1. The van der Waals surface area contributed by atoms with Crippen LogP contribution in [-0.4, -0.2) is 13.7 Å². The summed E-state index contributed by atoms with van der Waals surface area (Å²) in [5, 5.41) is 3.50. The molecule has 0 bridgehead atoms. The molecule has 0 aliphatic carbocycles. The summed E-state index contributed by atoms with van der Waals surface area (Å²) in [5.74, 6) is 0.622. The second kappa shape index (κ2) is 7.23. The molecule has 0 amide bonds. The molecule has 0 heterocycles. The van der Waals surface area contributed by atoms with Gasteiger partial charge in [0.15, 0.2) is 0 Å². The van der Waals surface area contributed by atoms with Crippen LogP contribution in [0.5, 0.6) is 5.75 Å². The summed E-state index contributed by atoms with van der Waals surface area (Å²) in [6.07, 6.45) is 1.03. The van der Waals surface area contributed by atoms with E-state index in [1.807, 2.05) is 37.3 Å². The second-order valence-electron chi connectivity index (χ2n) is 5.16. The Hall–Kier alpha value is -1.87. The van der Waals surface area contributed by atoms with Crippen molar-refractivity contribution in [3.05, 3.63) is 65.0 Å². The largest absolute Gasteiger partial charge is 0.497 e. The van der Waals surface area contributed by atoms with Gasteiger partial charge in [-0.3, -0.25) is 0 Å². The minimum atomic E-state index is -0.201. The van der Waals surface area contributed by atoms with Crippen molar-refractivity contribution in [2.75, 3.05) is 13.7 Å². The van der Waals surface area contributed by atoms with Gasteiger partial charge < -0.3 is 10.1 Å². The third-order valence-corrected chi connectivity index (χ3v) is 3.60. The van der Waals surface area contributed by atoms with Gasteiger partial charge in [0.2, 0.25) is 0 Å². The van der Waals surface area contributed by atoms with Gasteiger partial charge in [-0.15, -0.1) is 0 Å². The number of methoxy groups -OCH3 is 1. The molecular weight excluding hydrogens is 265 g/mol. The Kier molecular flexibility index (Phi) is 5.34. The Labute approximate surface area is 126 Å². The summed E-state index contributed by atoms with van der Waals surface area (Å²) in [6.45, 7) is 5.02. The van der Waals surface area contributed by atoms with Crippen LogP contribution in [0.1, 0.15) is 36.1 Å². The summed E-state index contributed by atoms with van der Waals surface area (Å²) in [4.78, 5) is 0. The van der Waals surface area contributed by atoms with Crippen molar-refractivity contribution in [2.24, 2.45) is 0 Å². The molecule has 0 radical (unpaired) electrons. The Morgan fingerprint density at radius 1 is 1.14 bits per heavy atom. The molecule has 2 aromatic carbocycles. The van der Waals surface area contributed by atoms with Crippen LogP contribution >= 0.6 is 0 Å². The number of hydrogen-bond acceptors (Lipinski definition) is 2. The quantitative estimate of drug-likeness (QED) is 0.858. The number of rotatable bonds is 6. The number of nitrogens with one attached hydrogen (secondary N) is 1. The summed E-state index contributed by atoms with van der Waals surface area (Å²) >= 11 is 0. The smallest absolute Gasteiger partial charge is 0.123 e. The van der Waals surface area contributed by atoms with Crippen molar-refractivity contribution in [1.82, 2.24) is 5.32 Å². The Bertz CT molecular complexity index is 580. The van der Waals surface area contributed by atoms with E-state index in [0.717, 1.165) is 35.4 Å². The van der Waals surface area contributed by atoms with Crippen molar-refractivity contribution in [3.8, 4) is 5.75 Å². The highest BCUT2D eigenvalue weighted by Crippen LogP contribution is 2.27. The monoisotopic (exact) mass is 287 g/mol. The highest BCUT2D eigenvalue weighted by molar-refractivity contribution is 5.39. The zero-order valence-corrected chi connectivity index (χ0v) is 12.8. The summed E-state index contributed by atoms with van der Waals surface area (Å²) in [6, 6.07) is 12.9. The maximum absolute atomic E-state index is 13.6. The van der Waals surface area contributed by atoms with Crippen LogP contribution in [0, 0.1) is 12.7 Å². The maximum atomic E-state index is 13.6. The first-order valence-corrected chi connectivity index (χ1v) is 7.29. The van der Waals surface area contributed by atoms with E-state index in [2.05, 4.69) is 12.2 Å². The predicted molar refractivity (Wildman–Crippen MR) is 84.3 cm³/mol. The van der Waals surface area contributed by atoms with Gasteiger partial charge in [0.05, 0.1) is 13.2 Å². The molecule has 0 aromatic heterocycles. The molecule has 2 aromatic rings. The third-order valence-electron chi connectivity index (χ3n) is 3.60. The number of aryl methyl sites for hydroxylation is 1. The van der Waals surface area contributed by atoms with Crippen LogP contribution in [0.25, 0.3) is 0 Å². The van der Waals surface area contributed by atoms with Gasteiger partial charge in [0.25, 0.3) is 0 Å². The van der Waals surface area contributed by atoms with E-state index in [9.17, 15) is 4.39 Å². The molecule has 0 spiro atoms. The number of halogens is 1. The van der Waals surface area contributed by atoms with Crippen LogP contribution in [0.2, 0.25) is 0 Å². The average molecular weight is 287 g/mol. The molecule has 2 nitrogen and oxygen atoms in total. The second-order valence-corrected chi connectivity index (χ2v) is 5.16. The first-order valence-electron chi connectivity index (χ1n) is 7.29. The minimum absolute atomic E-state index is 0.00782. The lowest BCUT2D eigenvalue weighted by atomic mass is 9.94. The van der Waals surface area contributed by atoms with Crippen molar-refractivity contribution in [3.63, 3.8) is 0 Å². The van der Waals surface area contributed by atoms with Crippen molar-refractivity contribution in [2.45, 2.75) is 26.3 Å². The molecule has 2 rings (SSSR count). The molecular formula is C18H22FNO. The maximum Gasteiger partial charge on any atom is 0.123 e. The van der Waals surface area contributed by atoms with Gasteiger partial charge in [-0.25, -0.2) is 4.39 Å². The van der Waals surface area contributed by atoms with Crippen molar-refractivity contribution >= 4 is 0 Å². The van der Waals surface area contributed by atoms with Crippen molar-refractivity contribution in [1.29, 1.82) is 0 Å². The van der Waals surface area contributed by atoms with E-state index in [1.54, 1.807) is 13.2 Å². The Balaban J connectivity index is 2.38. The predicted octanol–water partition coefficient (Wildman–Crippen LogP) is 4.23. The highest BCUT2D eigenvalue weighted by Gasteiger charge is 2.16. The number of ether oxygens (including phenoxy) is 1. The summed E-state index contributed by atoms with van der Waals surface area (Å²) in [7, 11) is 1.65. The van der Waals surface area contributed by atoms with Gasteiger partial charge in [0.1, 0.15) is 11.6 Å². The molecule has 1 N–H and O–H groups in total. The number of benzene rings is 2. The topological polar surface area (TPSA) is 21.3 Å². The van der Waals surface area contributed by atoms with Gasteiger partial charge >= 0.3 is 0 Å². The van der Waals surface area contributed by atoms with Gasteiger partial charge in [0, 0.05) is 0 Å². The van der Waals surface area contributed by atoms with Crippen LogP contribution < -0.4 is 10.1 Å². The van der Waals surface area contributed by atoms with Gasteiger partial charge in [-0.2, -0.15) is 0 Å². The summed E-state index contributed by atoms with van der Waals surface area (Å²) in [5.41, 5.74) is 3.17. The van der Waals surface area contributed by atoms with Crippen LogP contribution in [-0.2, 0) is 0 Å². The first-order chi connectivity index (χ1) is 10.2. The number of hydrogen-bond donors (Lipinski definition) is 1. The normalized spacial score (nSPS) is 12.2. The van der Waals surface area contributed by atoms with E-state index >= 15 is 0 Å². The van der Waals surface area contributed by atoms with Crippen LogP contribution in [0.4, 0.5) is 4.39 Å². The van der Waals surface area contributed by atoms with Gasteiger partial charge in [-0.1, -0.05) is 25.1 Å². The molecule has 3 heteroatoms. The molecule has 0 aliphatic rings. The molecule has 112 valence electrons. The fraction of sp³-hybridized carbons (Fsp3) is 0.333. The summed E-state index contributed by atoms with van der Waals surface area (Å²) < 4.78 is 18.8. The lowest BCUT2D eigenvalue weighted by Gasteiger charge is -2.22. The molecule has 1 atom stereocenters. The SMILES string of the molecule is CCCNC(c1ccc(OC)cc1)c1cc(F)ccc1C. The Morgan fingerprint density at radius 2 is 1.86 bits per heavy atom. The standard InChI is InChI=1S/C18H22FNO/c1-4-11-20-18(14-6-9-16(21-3)10-7-14)17-12-15(19)8-5-13(17)2/h5-10,12,18,20H,4,11H2,1-3H3. The zero-order chi connectivity index (χ0) is 15.2. The fourth-order valence-electron chi connectivity index (χ4n) is 2.41. The van der Waals surface area contributed by atoms with Crippen LogP contribution in [0.3, 0.4) is 0 Å². The zero-order valence-electron chi connectivity index (χ0n) is 12.8. The first kappa shape index (κ1) is 15.5. The third kappa shape index (κ3) is 3.82. The molecule has 1 unspecified atom stereocenters. The molecule has 0 saturated heterocycles. The molecule has 0 saturated carbocycles. The molecule has 0 aliphatic heterocycles. The lowest BCUT2D eigenvalue weighted by Crippen LogP contribution is -2.24. The van der Waals surface area contributed by atoms with E-state index in [1.165, 1.54) is 6.07 Å². The van der Waals surface area contributed by atoms with Crippen molar-refractivity contribution < 1.29 is 9.13 Å².